The Bertz CT molecular complexity index is 772. The zero-order valence-corrected chi connectivity index (χ0v) is 14.8. The molecule has 0 spiro atoms. The molecule has 2 N–H and O–H groups in total. The van der Waals surface area contributed by atoms with E-state index in [1.54, 1.807) is 13.4 Å². The minimum atomic E-state index is -0.670. The maximum Gasteiger partial charge on any atom is 0.329 e. The molecule has 0 fully saturated rings. The van der Waals surface area contributed by atoms with Crippen molar-refractivity contribution in [1.82, 2.24) is 20.2 Å². The lowest BCUT2D eigenvalue weighted by Crippen LogP contribution is -2.53. The number of methoxy groups -OCH3 is 2. The number of urea groups is 1. The number of aromatic amines is 1. The second-order valence-electron chi connectivity index (χ2n) is 6.03. The molecule has 0 aliphatic carbocycles. The molecule has 3 rings (SSSR count). The fourth-order valence-electron chi connectivity index (χ4n) is 3.00. The molecular formula is C18H22N4O4. The number of fused-ring (bicyclic) bond motifs is 1. The van der Waals surface area contributed by atoms with Gasteiger partial charge < -0.3 is 24.7 Å². The third-order valence-corrected chi connectivity index (χ3v) is 4.48. The molecule has 0 radical (unpaired) electrons. The summed E-state index contributed by atoms with van der Waals surface area (Å²) < 4.78 is 9.98. The van der Waals surface area contributed by atoms with E-state index in [4.69, 9.17) is 9.47 Å². The summed E-state index contributed by atoms with van der Waals surface area (Å²) >= 11 is 0. The van der Waals surface area contributed by atoms with Gasteiger partial charge in [0.2, 0.25) is 0 Å². The number of hydrogen-bond donors (Lipinski definition) is 2. The van der Waals surface area contributed by atoms with Gasteiger partial charge >= 0.3 is 12.0 Å². The van der Waals surface area contributed by atoms with Crippen LogP contribution in [-0.2, 0) is 28.9 Å². The van der Waals surface area contributed by atoms with Crippen LogP contribution in [0.15, 0.2) is 30.6 Å². The molecule has 1 aliphatic rings. The molecule has 1 aliphatic heterocycles. The Morgan fingerprint density at radius 1 is 1.31 bits per heavy atom. The Balaban J connectivity index is 1.60. The molecule has 0 bridgehead atoms. The second kappa shape index (κ2) is 7.90. The first-order chi connectivity index (χ1) is 12.6. The fourth-order valence-corrected chi connectivity index (χ4v) is 3.00. The predicted octanol–water partition coefficient (Wildman–Crippen LogP) is 1.27. The highest BCUT2D eigenvalue weighted by atomic mass is 16.5. The van der Waals surface area contributed by atoms with Gasteiger partial charge in [0.05, 0.1) is 38.5 Å². The van der Waals surface area contributed by atoms with Crippen molar-refractivity contribution in [1.29, 1.82) is 0 Å². The van der Waals surface area contributed by atoms with Crippen molar-refractivity contribution in [2.75, 3.05) is 20.8 Å². The number of aromatic nitrogens is 2. The van der Waals surface area contributed by atoms with E-state index in [9.17, 15) is 9.59 Å². The molecule has 0 saturated heterocycles. The van der Waals surface area contributed by atoms with E-state index in [0.717, 1.165) is 22.7 Å². The van der Waals surface area contributed by atoms with E-state index in [0.29, 0.717) is 25.9 Å². The molecule has 1 aromatic heterocycles. The number of H-pyrrole nitrogens is 1. The average molecular weight is 358 g/mol. The highest BCUT2D eigenvalue weighted by Gasteiger charge is 2.36. The molecule has 1 atom stereocenters. The Hall–Kier alpha value is -3.03. The number of hydrogen-bond acceptors (Lipinski definition) is 5. The summed E-state index contributed by atoms with van der Waals surface area (Å²) in [5.41, 5.74) is 2.73. The maximum atomic E-state index is 12.6. The van der Waals surface area contributed by atoms with Crippen molar-refractivity contribution >= 4 is 12.0 Å². The van der Waals surface area contributed by atoms with Gasteiger partial charge in [-0.25, -0.2) is 14.6 Å². The lowest BCUT2D eigenvalue weighted by molar-refractivity contribution is -0.146. The number of rotatable bonds is 5. The molecule has 8 heteroatoms. The summed E-state index contributed by atoms with van der Waals surface area (Å²) in [4.78, 5) is 33.4. The van der Waals surface area contributed by atoms with Crippen LogP contribution in [0.3, 0.4) is 0 Å². The van der Waals surface area contributed by atoms with Crippen LogP contribution in [0.5, 0.6) is 5.75 Å². The van der Waals surface area contributed by atoms with Crippen LogP contribution in [0.1, 0.15) is 17.0 Å². The van der Waals surface area contributed by atoms with Crippen molar-refractivity contribution in [2.45, 2.75) is 25.4 Å². The number of carbonyl (C=O) groups excluding carboxylic acids is 2. The lowest BCUT2D eigenvalue weighted by atomic mass is 10.0. The number of benzene rings is 1. The first kappa shape index (κ1) is 17.8. The normalized spacial score (nSPS) is 15.9. The van der Waals surface area contributed by atoms with Crippen LogP contribution in [0.4, 0.5) is 4.79 Å². The van der Waals surface area contributed by atoms with Gasteiger partial charge in [-0.05, 0) is 24.1 Å². The summed E-state index contributed by atoms with van der Waals surface area (Å²) in [6.45, 7) is 0.759. The van der Waals surface area contributed by atoms with Gasteiger partial charge in [-0.1, -0.05) is 12.1 Å². The maximum absolute atomic E-state index is 12.6. The van der Waals surface area contributed by atoms with Gasteiger partial charge in [-0.15, -0.1) is 0 Å². The number of nitrogens with zero attached hydrogens (tertiary/aromatic N) is 2. The number of ether oxygens (including phenoxy) is 2. The van der Waals surface area contributed by atoms with Gasteiger partial charge in [0.15, 0.2) is 0 Å². The summed E-state index contributed by atoms with van der Waals surface area (Å²) in [6, 6.07) is 6.72. The molecule has 26 heavy (non-hydrogen) atoms. The van der Waals surface area contributed by atoms with E-state index in [1.807, 2.05) is 24.3 Å². The number of carbonyl (C=O) groups is 2. The third kappa shape index (κ3) is 3.79. The lowest BCUT2D eigenvalue weighted by Gasteiger charge is -2.33. The minimum absolute atomic E-state index is 0.295. The van der Waals surface area contributed by atoms with Crippen molar-refractivity contribution in [3.8, 4) is 5.75 Å². The number of amides is 2. The average Bonchev–Trinajstić information content (AvgIpc) is 3.14. The minimum Gasteiger partial charge on any atom is -0.497 e. The van der Waals surface area contributed by atoms with Crippen LogP contribution < -0.4 is 10.1 Å². The Morgan fingerprint density at radius 2 is 2.08 bits per heavy atom. The zero-order chi connectivity index (χ0) is 18.5. The van der Waals surface area contributed by atoms with Crippen LogP contribution >= 0.6 is 0 Å². The number of imidazole rings is 1. The number of nitrogens with one attached hydrogen (secondary N) is 2. The van der Waals surface area contributed by atoms with Gasteiger partial charge in [-0.3, -0.25) is 0 Å². The van der Waals surface area contributed by atoms with Gasteiger partial charge in [0.1, 0.15) is 11.8 Å². The zero-order valence-electron chi connectivity index (χ0n) is 14.8. The topological polar surface area (TPSA) is 96.5 Å². The Labute approximate surface area is 151 Å². The SMILES string of the molecule is COC(=O)C1Cc2nc[nH]c2CN1C(=O)NCCc1ccc(OC)cc1. The van der Waals surface area contributed by atoms with Crippen molar-refractivity contribution in [2.24, 2.45) is 0 Å². The number of esters is 1. The first-order valence-electron chi connectivity index (χ1n) is 8.38. The van der Waals surface area contributed by atoms with E-state index in [2.05, 4.69) is 15.3 Å². The van der Waals surface area contributed by atoms with Crippen LogP contribution in [-0.4, -0.2) is 53.7 Å². The van der Waals surface area contributed by atoms with Crippen molar-refractivity contribution < 1.29 is 19.1 Å². The first-order valence-corrected chi connectivity index (χ1v) is 8.38. The predicted molar refractivity (Wildman–Crippen MR) is 93.7 cm³/mol. The van der Waals surface area contributed by atoms with Gasteiger partial charge in [0, 0.05) is 13.0 Å². The molecule has 1 unspecified atom stereocenters. The fraction of sp³-hybridized carbons (Fsp3) is 0.389. The van der Waals surface area contributed by atoms with Crippen molar-refractivity contribution in [3.63, 3.8) is 0 Å². The van der Waals surface area contributed by atoms with Crippen molar-refractivity contribution in [3.05, 3.63) is 47.5 Å². The summed E-state index contributed by atoms with van der Waals surface area (Å²) in [5.74, 6) is 0.353. The monoisotopic (exact) mass is 358 g/mol. The highest BCUT2D eigenvalue weighted by molar-refractivity contribution is 5.84. The molecule has 2 aromatic rings. The van der Waals surface area contributed by atoms with Crippen LogP contribution in [0.2, 0.25) is 0 Å². The van der Waals surface area contributed by atoms with Crippen LogP contribution in [0.25, 0.3) is 0 Å². The molecule has 138 valence electrons. The second-order valence-corrected chi connectivity index (χ2v) is 6.03. The quantitative estimate of drug-likeness (QED) is 0.785. The molecule has 2 heterocycles. The molecular weight excluding hydrogens is 336 g/mol. The van der Waals surface area contributed by atoms with E-state index in [1.165, 1.54) is 12.0 Å². The molecule has 2 amide bonds. The van der Waals surface area contributed by atoms with Gasteiger partial charge in [0.25, 0.3) is 0 Å². The summed E-state index contributed by atoms with van der Waals surface area (Å²) in [7, 11) is 2.94. The standard InChI is InChI=1S/C18H22N4O4/c1-25-13-5-3-12(4-6-13)7-8-19-18(24)22-10-15-14(20-11-21-15)9-16(22)17(23)26-2/h3-6,11,16H,7-10H2,1-2H3,(H,19,24)(H,20,21). The molecule has 0 saturated carbocycles. The van der Waals surface area contributed by atoms with E-state index < -0.39 is 12.0 Å². The smallest absolute Gasteiger partial charge is 0.329 e. The molecule has 8 nitrogen and oxygen atoms in total. The van der Waals surface area contributed by atoms with E-state index >= 15 is 0 Å². The summed E-state index contributed by atoms with van der Waals surface area (Å²) in [6.07, 6.45) is 2.60. The largest absolute Gasteiger partial charge is 0.497 e. The Kier molecular flexibility index (Phi) is 5.40. The highest BCUT2D eigenvalue weighted by Crippen LogP contribution is 2.21. The van der Waals surface area contributed by atoms with Crippen LogP contribution in [0, 0.1) is 0 Å². The summed E-state index contributed by atoms with van der Waals surface area (Å²) in [5, 5.41) is 2.88. The third-order valence-electron chi connectivity index (χ3n) is 4.48. The van der Waals surface area contributed by atoms with Gasteiger partial charge in [-0.2, -0.15) is 0 Å². The van der Waals surface area contributed by atoms with E-state index in [-0.39, 0.29) is 6.03 Å². The Morgan fingerprint density at radius 3 is 2.77 bits per heavy atom. The molecule has 1 aromatic carbocycles.